The van der Waals surface area contributed by atoms with E-state index in [-0.39, 0.29) is 0 Å². The highest BCUT2D eigenvalue weighted by molar-refractivity contribution is 4.79. The highest BCUT2D eigenvalue weighted by Crippen LogP contribution is 2.22. The lowest BCUT2D eigenvalue weighted by Crippen LogP contribution is -2.40. The van der Waals surface area contributed by atoms with Gasteiger partial charge >= 0.3 is 0 Å². The normalized spacial score (nSPS) is 28.1. The molecule has 0 amide bonds. The highest BCUT2D eigenvalue weighted by atomic mass is 16.5. The maximum atomic E-state index is 9.67. The van der Waals surface area contributed by atoms with Crippen molar-refractivity contribution in [3.05, 3.63) is 0 Å². The number of aliphatic hydroxyl groups excluding tert-OH is 1. The molecule has 102 valence electrons. The van der Waals surface area contributed by atoms with E-state index in [9.17, 15) is 5.11 Å². The molecule has 1 aliphatic carbocycles. The molecule has 4 heteroatoms. The van der Waals surface area contributed by atoms with Gasteiger partial charge in [0.15, 0.2) is 0 Å². The van der Waals surface area contributed by atoms with Gasteiger partial charge in [0.1, 0.15) is 0 Å². The van der Waals surface area contributed by atoms with Crippen LogP contribution in [0.3, 0.4) is 0 Å². The predicted molar refractivity (Wildman–Crippen MR) is 69.9 cm³/mol. The van der Waals surface area contributed by atoms with Crippen molar-refractivity contribution in [1.29, 1.82) is 0 Å². The van der Waals surface area contributed by atoms with Gasteiger partial charge in [-0.1, -0.05) is 19.3 Å². The van der Waals surface area contributed by atoms with Crippen LogP contribution in [0, 0.1) is 5.92 Å². The Bertz CT molecular complexity index is 202. The number of nitrogens with zero attached hydrogens (tertiary/aromatic N) is 1. The zero-order valence-corrected chi connectivity index (χ0v) is 11.3. The van der Waals surface area contributed by atoms with Crippen LogP contribution in [0.1, 0.15) is 32.1 Å². The molecule has 1 aliphatic rings. The molecule has 0 aromatic heterocycles. The molecular weight excluding hydrogens is 216 g/mol. The summed E-state index contributed by atoms with van der Waals surface area (Å²) >= 11 is 0. The number of hydrogen-bond donors (Lipinski definition) is 2. The van der Waals surface area contributed by atoms with Crippen LogP contribution in [-0.2, 0) is 4.74 Å². The third-order valence-electron chi connectivity index (χ3n) is 3.65. The summed E-state index contributed by atoms with van der Waals surface area (Å²) in [6.45, 7) is 2.06. The topological polar surface area (TPSA) is 58.7 Å². The van der Waals surface area contributed by atoms with Crippen LogP contribution >= 0.6 is 0 Å². The van der Waals surface area contributed by atoms with Gasteiger partial charge in [0, 0.05) is 26.2 Å². The first-order valence-corrected chi connectivity index (χ1v) is 6.74. The maximum Gasteiger partial charge on any atom is 0.0899 e. The molecule has 1 rings (SSSR count). The Morgan fingerprint density at radius 3 is 2.76 bits per heavy atom. The van der Waals surface area contributed by atoms with Crippen LogP contribution in [-0.4, -0.2) is 56.0 Å². The molecule has 0 radical (unpaired) electrons. The van der Waals surface area contributed by atoms with Gasteiger partial charge in [-0.05, 0) is 25.8 Å². The average Bonchev–Trinajstić information content (AvgIpc) is 2.44. The van der Waals surface area contributed by atoms with E-state index >= 15 is 0 Å². The molecule has 0 saturated heterocycles. The first kappa shape index (κ1) is 14.9. The Kier molecular flexibility index (Phi) is 7.04. The second kappa shape index (κ2) is 8.03. The van der Waals surface area contributed by atoms with Crippen LogP contribution in [0.25, 0.3) is 0 Å². The fourth-order valence-corrected chi connectivity index (χ4v) is 2.72. The van der Waals surface area contributed by atoms with Crippen molar-refractivity contribution >= 4 is 0 Å². The van der Waals surface area contributed by atoms with E-state index in [1.165, 1.54) is 25.7 Å². The highest BCUT2D eigenvalue weighted by Gasteiger charge is 2.22. The number of nitrogens with two attached hydrogens (primary N) is 1. The summed E-state index contributed by atoms with van der Waals surface area (Å²) in [5.41, 5.74) is 6.20. The van der Waals surface area contributed by atoms with E-state index in [1.807, 2.05) is 0 Å². The van der Waals surface area contributed by atoms with Crippen molar-refractivity contribution < 1.29 is 9.84 Å². The quantitative estimate of drug-likeness (QED) is 0.680. The number of hydrogen-bond acceptors (Lipinski definition) is 4. The van der Waals surface area contributed by atoms with Gasteiger partial charge in [0.2, 0.25) is 0 Å². The predicted octanol–water partition coefficient (Wildman–Crippen LogP) is 0.833. The molecule has 0 aromatic rings. The SMILES string of the molecule is COCC(O)CN(C)CC1CCCCCC1N. The molecule has 0 aromatic carbocycles. The molecule has 0 aliphatic heterocycles. The van der Waals surface area contributed by atoms with Gasteiger partial charge in [0.05, 0.1) is 12.7 Å². The molecule has 0 heterocycles. The second-order valence-corrected chi connectivity index (χ2v) is 5.39. The fraction of sp³-hybridized carbons (Fsp3) is 1.00. The van der Waals surface area contributed by atoms with Gasteiger partial charge in [-0.3, -0.25) is 0 Å². The van der Waals surface area contributed by atoms with Gasteiger partial charge in [-0.2, -0.15) is 0 Å². The molecule has 17 heavy (non-hydrogen) atoms. The van der Waals surface area contributed by atoms with Crippen LogP contribution in [0.15, 0.2) is 0 Å². The Balaban J connectivity index is 2.30. The largest absolute Gasteiger partial charge is 0.389 e. The number of rotatable bonds is 6. The third-order valence-corrected chi connectivity index (χ3v) is 3.65. The van der Waals surface area contributed by atoms with Crippen LogP contribution in [0.5, 0.6) is 0 Å². The van der Waals surface area contributed by atoms with Gasteiger partial charge in [-0.15, -0.1) is 0 Å². The molecular formula is C13H28N2O2. The first-order chi connectivity index (χ1) is 8.13. The lowest BCUT2D eigenvalue weighted by atomic mass is 9.95. The fourth-order valence-electron chi connectivity index (χ4n) is 2.72. The first-order valence-electron chi connectivity index (χ1n) is 6.74. The van der Waals surface area contributed by atoms with Crippen molar-refractivity contribution in [2.45, 2.75) is 44.2 Å². The Morgan fingerprint density at radius 2 is 2.06 bits per heavy atom. The standard InChI is InChI=1S/C13H28N2O2/c1-15(9-12(16)10-17-2)8-11-6-4-3-5-7-13(11)14/h11-13,16H,3-10,14H2,1-2H3. The molecule has 4 nitrogen and oxygen atoms in total. The Labute approximate surface area is 105 Å². The minimum atomic E-state index is -0.396. The summed E-state index contributed by atoms with van der Waals surface area (Å²) in [5.74, 6) is 0.581. The lowest BCUT2D eigenvalue weighted by Gasteiger charge is -2.28. The summed E-state index contributed by atoms with van der Waals surface area (Å²) in [6.07, 6.45) is 5.87. The third kappa shape index (κ3) is 5.82. The van der Waals surface area contributed by atoms with Crippen molar-refractivity contribution in [2.24, 2.45) is 11.7 Å². The van der Waals surface area contributed by atoms with Crippen molar-refractivity contribution in [2.75, 3.05) is 33.9 Å². The van der Waals surface area contributed by atoms with Crippen molar-refractivity contribution in [3.63, 3.8) is 0 Å². The van der Waals surface area contributed by atoms with Gasteiger partial charge in [0.25, 0.3) is 0 Å². The molecule has 1 fully saturated rings. The summed E-state index contributed by atoms with van der Waals surface area (Å²) in [6, 6.07) is 0.333. The number of aliphatic hydroxyl groups is 1. The van der Waals surface area contributed by atoms with Crippen LogP contribution in [0.2, 0.25) is 0 Å². The maximum absolute atomic E-state index is 9.67. The minimum Gasteiger partial charge on any atom is -0.389 e. The minimum absolute atomic E-state index is 0.333. The van der Waals surface area contributed by atoms with Gasteiger partial charge < -0.3 is 20.5 Å². The van der Waals surface area contributed by atoms with Gasteiger partial charge in [-0.25, -0.2) is 0 Å². The molecule has 3 unspecified atom stereocenters. The molecule has 0 spiro atoms. The monoisotopic (exact) mass is 244 g/mol. The van der Waals surface area contributed by atoms with Crippen molar-refractivity contribution in [3.8, 4) is 0 Å². The smallest absolute Gasteiger partial charge is 0.0899 e. The molecule has 3 N–H and O–H groups in total. The zero-order valence-electron chi connectivity index (χ0n) is 11.3. The summed E-state index contributed by atoms with van der Waals surface area (Å²) < 4.78 is 4.93. The average molecular weight is 244 g/mol. The Hall–Kier alpha value is -0.160. The molecule has 0 bridgehead atoms. The van der Waals surface area contributed by atoms with E-state index in [1.54, 1.807) is 7.11 Å². The van der Waals surface area contributed by atoms with E-state index in [0.717, 1.165) is 13.0 Å². The molecule has 3 atom stereocenters. The van der Waals surface area contributed by atoms with Crippen LogP contribution in [0.4, 0.5) is 0 Å². The van der Waals surface area contributed by atoms with Crippen LogP contribution < -0.4 is 5.73 Å². The number of likely N-dealkylation sites (N-methyl/N-ethyl adjacent to an activating group) is 1. The lowest BCUT2D eigenvalue weighted by molar-refractivity contribution is 0.0392. The zero-order chi connectivity index (χ0) is 12.7. The summed E-state index contributed by atoms with van der Waals surface area (Å²) in [5, 5.41) is 9.67. The summed E-state index contributed by atoms with van der Waals surface area (Å²) in [4.78, 5) is 2.18. The molecule has 1 saturated carbocycles. The van der Waals surface area contributed by atoms with E-state index in [4.69, 9.17) is 10.5 Å². The van der Waals surface area contributed by atoms with E-state index < -0.39 is 6.10 Å². The van der Waals surface area contributed by atoms with Crippen molar-refractivity contribution in [1.82, 2.24) is 4.90 Å². The van der Waals surface area contributed by atoms with E-state index in [2.05, 4.69) is 11.9 Å². The summed E-state index contributed by atoms with van der Waals surface area (Å²) in [7, 11) is 3.67. The number of methoxy groups -OCH3 is 1. The Morgan fingerprint density at radius 1 is 1.35 bits per heavy atom. The number of ether oxygens (including phenoxy) is 1. The van der Waals surface area contributed by atoms with E-state index in [0.29, 0.717) is 25.1 Å². The second-order valence-electron chi connectivity index (χ2n) is 5.39.